The van der Waals surface area contributed by atoms with E-state index in [1.807, 2.05) is 6.07 Å². The topological polar surface area (TPSA) is 56.5 Å². The van der Waals surface area contributed by atoms with Crippen LogP contribution in [0.1, 0.15) is 44.1 Å². The molecule has 4 heteroatoms. The van der Waals surface area contributed by atoms with E-state index in [1.165, 1.54) is 5.56 Å². The van der Waals surface area contributed by atoms with Crippen LogP contribution in [-0.4, -0.2) is 25.9 Å². The first-order valence-electron chi connectivity index (χ1n) is 7.45. The Labute approximate surface area is 121 Å². The lowest BCUT2D eigenvalue weighted by Crippen LogP contribution is -2.37. The van der Waals surface area contributed by atoms with Crippen LogP contribution < -0.4 is 16.0 Å². The Morgan fingerprint density at radius 2 is 2.20 bits per heavy atom. The van der Waals surface area contributed by atoms with Gasteiger partial charge in [0.2, 0.25) is 0 Å². The van der Waals surface area contributed by atoms with Gasteiger partial charge in [0, 0.05) is 13.2 Å². The molecular weight excluding hydrogens is 252 g/mol. The number of hydrazine groups is 1. The number of hydrogen-bond donors (Lipinski definition) is 2. The molecule has 1 aromatic carbocycles. The fourth-order valence-corrected chi connectivity index (χ4v) is 2.83. The molecule has 0 amide bonds. The van der Waals surface area contributed by atoms with Crippen LogP contribution in [0, 0.1) is 0 Å². The van der Waals surface area contributed by atoms with E-state index < -0.39 is 0 Å². The van der Waals surface area contributed by atoms with Crippen molar-refractivity contribution < 1.29 is 9.47 Å². The molecule has 0 saturated heterocycles. The summed E-state index contributed by atoms with van der Waals surface area (Å²) in [6.45, 7) is 2.89. The van der Waals surface area contributed by atoms with Gasteiger partial charge in [-0.3, -0.25) is 11.3 Å². The van der Waals surface area contributed by atoms with Gasteiger partial charge in [0.15, 0.2) is 0 Å². The molecule has 0 saturated carbocycles. The Balaban J connectivity index is 1.95. The van der Waals surface area contributed by atoms with E-state index in [-0.39, 0.29) is 6.10 Å². The van der Waals surface area contributed by atoms with Crippen molar-refractivity contribution in [2.75, 3.05) is 13.7 Å². The van der Waals surface area contributed by atoms with Crippen molar-refractivity contribution in [1.29, 1.82) is 0 Å². The van der Waals surface area contributed by atoms with Gasteiger partial charge < -0.3 is 9.47 Å². The lowest BCUT2D eigenvalue weighted by atomic mass is 9.86. The second-order valence-corrected chi connectivity index (χ2v) is 5.59. The minimum absolute atomic E-state index is 0.285. The van der Waals surface area contributed by atoms with Gasteiger partial charge in [-0.2, -0.15) is 0 Å². The van der Waals surface area contributed by atoms with Crippen molar-refractivity contribution in [3.8, 4) is 5.75 Å². The molecule has 1 aromatic rings. The maximum atomic E-state index is 5.72. The van der Waals surface area contributed by atoms with Crippen LogP contribution in [-0.2, 0) is 4.74 Å². The summed E-state index contributed by atoms with van der Waals surface area (Å²) in [4.78, 5) is 0. The third kappa shape index (κ3) is 3.95. The molecule has 3 N–H and O–H groups in total. The Kier molecular flexibility index (Phi) is 5.83. The Morgan fingerprint density at radius 3 is 2.95 bits per heavy atom. The quantitative estimate of drug-likeness (QED) is 0.594. The van der Waals surface area contributed by atoms with Crippen molar-refractivity contribution in [1.82, 2.24) is 5.43 Å². The summed E-state index contributed by atoms with van der Waals surface area (Å²) in [5.41, 5.74) is 4.28. The SMILES string of the molecule is COC(C)CCC(CC1CCOc2ccccc21)NN. The molecule has 0 aliphatic carbocycles. The summed E-state index contributed by atoms with van der Waals surface area (Å²) in [7, 11) is 1.75. The van der Waals surface area contributed by atoms with Crippen LogP contribution in [0.2, 0.25) is 0 Å². The van der Waals surface area contributed by atoms with E-state index in [2.05, 4.69) is 30.5 Å². The number of ether oxygens (including phenoxy) is 2. The fraction of sp³-hybridized carbons (Fsp3) is 0.625. The zero-order chi connectivity index (χ0) is 14.4. The Morgan fingerprint density at radius 1 is 1.40 bits per heavy atom. The lowest BCUT2D eigenvalue weighted by Gasteiger charge is -2.29. The number of nitrogens with two attached hydrogens (primary N) is 1. The highest BCUT2D eigenvalue weighted by molar-refractivity contribution is 5.37. The molecule has 0 radical (unpaired) electrons. The van der Waals surface area contributed by atoms with Crippen molar-refractivity contribution in [3.63, 3.8) is 0 Å². The number of methoxy groups -OCH3 is 1. The molecule has 4 nitrogen and oxygen atoms in total. The van der Waals surface area contributed by atoms with Gasteiger partial charge in [-0.25, -0.2) is 0 Å². The van der Waals surface area contributed by atoms with Crippen molar-refractivity contribution in [2.24, 2.45) is 5.84 Å². The van der Waals surface area contributed by atoms with E-state index in [0.717, 1.165) is 38.0 Å². The van der Waals surface area contributed by atoms with Gasteiger partial charge in [0.1, 0.15) is 5.75 Å². The summed E-state index contributed by atoms with van der Waals surface area (Å²) < 4.78 is 11.0. The highest BCUT2D eigenvalue weighted by Crippen LogP contribution is 2.36. The van der Waals surface area contributed by atoms with Crippen LogP contribution in [0.4, 0.5) is 0 Å². The van der Waals surface area contributed by atoms with Crippen LogP contribution in [0.3, 0.4) is 0 Å². The normalized spacial score (nSPS) is 20.9. The summed E-state index contributed by atoms with van der Waals surface area (Å²) in [5.74, 6) is 7.27. The maximum Gasteiger partial charge on any atom is 0.122 e. The van der Waals surface area contributed by atoms with Crippen LogP contribution in [0.25, 0.3) is 0 Å². The predicted molar refractivity (Wildman–Crippen MR) is 80.7 cm³/mol. The monoisotopic (exact) mass is 278 g/mol. The molecule has 112 valence electrons. The number of para-hydroxylation sites is 1. The molecule has 1 aliphatic heterocycles. The maximum absolute atomic E-state index is 5.72. The van der Waals surface area contributed by atoms with E-state index in [1.54, 1.807) is 7.11 Å². The summed E-state index contributed by atoms with van der Waals surface area (Å²) in [6.07, 6.45) is 4.46. The molecule has 1 aliphatic rings. The number of benzene rings is 1. The zero-order valence-electron chi connectivity index (χ0n) is 12.5. The van der Waals surface area contributed by atoms with E-state index in [9.17, 15) is 0 Å². The van der Waals surface area contributed by atoms with E-state index in [0.29, 0.717) is 12.0 Å². The van der Waals surface area contributed by atoms with Gasteiger partial charge in [0.25, 0.3) is 0 Å². The summed E-state index contributed by atoms with van der Waals surface area (Å²) >= 11 is 0. The number of fused-ring (bicyclic) bond motifs is 1. The average molecular weight is 278 g/mol. The standard InChI is InChI=1S/C16H26N2O2/c1-12(19-2)7-8-14(18-17)11-13-9-10-20-16-6-4-3-5-15(13)16/h3-6,12-14,18H,7-11,17H2,1-2H3. The molecule has 2 rings (SSSR count). The van der Waals surface area contributed by atoms with E-state index in [4.69, 9.17) is 15.3 Å². The summed E-state index contributed by atoms with van der Waals surface area (Å²) in [5, 5.41) is 0. The van der Waals surface area contributed by atoms with Gasteiger partial charge in [0.05, 0.1) is 12.7 Å². The molecule has 0 spiro atoms. The number of hydrogen-bond acceptors (Lipinski definition) is 4. The fourth-order valence-electron chi connectivity index (χ4n) is 2.83. The molecule has 3 atom stereocenters. The first kappa shape index (κ1) is 15.3. The van der Waals surface area contributed by atoms with E-state index >= 15 is 0 Å². The highest BCUT2D eigenvalue weighted by Gasteiger charge is 2.24. The van der Waals surface area contributed by atoms with Gasteiger partial charge >= 0.3 is 0 Å². The van der Waals surface area contributed by atoms with Gasteiger partial charge in [-0.05, 0) is 50.2 Å². The first-order chi connectivity index (χ1) is 9.74. The lowest BCUT2D eigenvalue weighted by molar-refractivity contribution is 0.105. The van der Waals surface area contributed by atoms with Gasteiger partial charge in [-0.1, -0.05) is 18.2 Å². The molecule has 0 bridgehead atoms. The minimum Gasteiger partial charge on any atom is -0.493 e. The largest absolute Gasteiger partial charge is 0.493 e. The van der Waals surface area contributed by atoms with Crippen LogP contribution in [0.15, 0.2) is 24.3 Å². The van der Waals surface area contributed by atoms with Gasteiger partial charge in [-0.15, -0.1) is 0 Å². The predicted octanol–water partition coefficient (Wildman–Crippen LogP) is 2.59. The second kappa shape index (κ2) is 7.62. The third-order valence-corrected chi connectivity index (χ3v) is 4.21. The molecule has 1 heterocycles. The Hall–Kier alpha value is -1.10. The molecule has 0 aromatic heterocycles. The molecule has 0 fully saturated rings. The van der Waals surface area contributed by atoms with Crippen molar-refractivity contribution in [3.05, 3.63) is 29.8 Å². The van der Waals surface area contributed by atoms with Crippen molar-refractivity contribution in [2.45, 2.75) is 50.7 Å². The second-order valence-electron chi connectivity index (χ2n) is 5.59. The average Bonchev–Trinajstić information content (AvgIpc) is 2.51. The van der Waals surface area contributed by atoms with Crippen LogP contribution >= 0.6 is 0 Å². The molecule has 3 unspecified atom stereocenters. The first-order valence-corrected chi connectivity index (χ1v) is 7.45. The zero-order valence-corrected chi connectivity index (χ0v) is 12.5. The third-order valence-electron chi connectivity index (χ3n) is 4.21. The smallest absolute Gasteiger partial charge is 0.122 e. The van der Waals surface area contributed by atoms with Crippen LogP contribution in [0.5, 0.6) is 5.75 Å². The number of rotatable bonds is 7. The minimum atomic E-state index is 0.285. The Bertz CT molecular complexity index is 411. The number of nitrogens with one attached hydrogen (secondary N) is 1. The molecular formula is C16H26N2O2. The summed E-state index contributed by atoms with van der Waals surface area (Å²) in [6, 6.07) is 8.66. The highest BCUT2D eigenvalue weighted by atomic mass is 16.5. The van der Waals surface area contributed by atoms with Crippen molar-refractivity contribution >= 4 is 0 Å². The molecule has 20 heavy (non-hydrogen) atoms.